The van der Waals surface area contributed by atoms with Crippen LogP contribution in [0.1, 0.15) is 30.0 Å². The molecule has 0 atom stereocenters. The predicted molar refractivity (Wildman–Crippen MR) is 58.9 cm³/mol. The molecule has 3 nitrogen and oxygen atoms in total. The highest BCUT2D eigenvalue weighted by molar-refractivity contribution is 5.47. The summed E-state index contributed by atoms with van der Waals surface area (Å²) in [5, 5.41) is 0. The number of piperidine rings is 1. The Kier molecular flexibility index (Phi) is 3.54. The predicted octanol–water partition coefficient (Wildman–Crippen LogP) is 2.44. The second-order valence-corrected chi connectivity index (χ2v) is 4.39. The lowest BCUT2D eigenvalue weighted by atomic mass is 9.93. The van der Waals surface area contributed by atoms with E-state index in [4.69, 9.17) is 0 Å². The van der Waals surface area contributed by atoms with Gasteiger partial charge in [-0.05, 0) is 25.0 Å². The van der Waals surface area contributed by atoms with Gasteiger partial charge in [0.1, 0.15) is 0 Å². The third-order valence-electron chi connectivity index (χ3n) is 3.21. The fourth-order valence-electron chi connectivity index (χ4n) is 2.12. The third kappa shape index (κ3) is 2.80. The number of carbonyl (C=O) groups excluding carboxylic acids is 1. The molecule has 0 bridgehead atoms. The second-order valence-electron chi connectivity index (χ2n) is 4.39. The first-order valence-corrected chi connectivity index (χ1v) is 5.73. The number of likely N-dealkylation sites (tertiary alicyclic amines) is 1. The molecule has 0 spiro atoms. The summed E-state index contributed by atoms with van der Waals surface area (Å²) >= 11 is 0. The van der Waals surface area contributed by atoms with E-state index in [1.165, 1.54) is 6.07 Å². The van der Waals surface area contributed by atoms with E-state index >= 15 is 0 Å². The molecule has 1 fully saturated rings. The molecule has 0 saturated carbocycles. The standard InChI is InChI=1S/C12H13F3N2O/c13-12(14,15)10-1-2-11(16-7-10)9-3-5-17(8-18)6-4-9/h1-2,7-9H,3-6H2. The number of nitrogens with zero attached hydrogens (tertiary/aromatic N) is 2. The Morgan fingerprint density at radius 3 is 2.39 bits per heavy atom. The number of hydrogen-bond acceptors (Lipinski definition) is 2. The van der Waals surface area contributed by atoms with Crippen molar-refractivity contribution in [3.8, 4) is 0 Å². The van der Waals surface area contributed by atoms with Gasteiger partial charge in [0.25, 0.3) is 0 Å². The van der Waals surface area contributed by atoms with Crippen molar-refractivity contribution in [1.29, 1.82) is 0 Å². The van der Waals surface area contributed by atoms with Gasteiger partial charge in [0.2, 0.25) is 6.41 Å². The molecule has 1 aromatic rings. The van der Waals surface area contributed by atoms with E-state index in [1.54, 1.807) is 4.90 Å². The topological polar surface area (TPSA) is 33.2 Å². The number of halogens is 3. The van der Waals surface area contributed by atoms with Gasteiger partial charge in [-0.15, -0.1) is 0 Å². The first-order valence-electron chi connectivity index (χ1n) is 5.73. The maximum absolute atomic E-state index is 12.4. The molecule has 2 rings (SSSR count). The lowest BCUT2D eigenvalue weighted by Gasteiger charge is -2.28. The van der Waals surface area contributed by atoms with E-state index < -0.39 is 11.7 Å². The minimum absolute atomic E-state index is 0.142. The molecular formula is C12H13F3N2O. The Hall–Kier alpha value is -1.59. The Bertz CT molecular complexity index is 408. The molecule has 1 aromatic heterocycles. The summed E-state index contributed by atoms with van der Waals surface area (Å²) in [6, 6.07) is 2.50. The lowest BCUT2D eigenvalue weighted by molar-refractivity contribution is -0.137. The number of alkyl halides is 3. The van der Waals surface area contributed by atoms with Crippen LogP contribution in [-0.4, -0.2) is 29.4 Å². The lowest BCUT2D eigenvalue weighted by Crippen LogP contribution is -2.31. The molecule has 98 valence electrons. The van der Waals surface area contributed by atoms with E-state index in [9.17, 15) is 18.0 Å². The summed E-state index contributed by atoms with van der Waals surface area (Å²) < 4.78 is 37.1. The van der Waals surface area contributed by atoms with Crippen molar-refractivity contribution >= 4 is 6.41 Å². The zero-order valence-electron chi connectivity index (χ0n) is 9.65. The fraction of sp³-hybridized carbons (Fsp3) is 0.500. The van der Waals surface area contributed by atoms with Gasteiger partial charge in [-0.3, -0.25) is 9.78 Å². The molecule has 0 unspecified atom stereocenters. The van der Waals surface area contributed by atoms with Crippen LogP contribution in [0.15, 0.2) is 18.3 Å². The van der Waals surface area contributed by atoms with Crippen LogP contribution >= 0.6 is 0 Å². The molecule has 0 aliphatic carbocycles. The third-order valence-corrected chi connectivity index (χ3v) is 3.21. The molecule has 0 aromatic carbocycles. The van der Waals surface area contributed by atoms with Crippen LogP contribution in [0.4, 0.5) is 13.2 Å². The monoisotopic (exact) mass is 258 g/mol. The Morgan fingerprint density at radius 2 is 1.94 bits per heavy atom. The molecule has 18 heavy (non-hydrogen) atoms. The van der Waals surface area contributed by atoms with E-state index in [0.29, 0.717) is 18.8 Å². The maximum Gasteiger partial charge on any atom is 0.417 e. The van der Waals surface area contributed by atoms with E-state index in [0.717, 1.165) is 31.5 Å². The van der Waals surface area contributed by atoms with Crippen LogP contribution in [0.2, 0.25) is 0 Å². The maximum atomic E-state index is 12.4. The molecule has 0 N–H and O–H groups in total. The minimum Gasteiger partial charge on any atom is -0.345 e. The second kappa shape index (κ2) is 4.96. The van der Waals surface area contributed by atoms with Gasteiger partial charge < -0.3 is 4.90 Å². The summed E-state index contributed by atoms with van der Waals surface area (Å²) in [6.45, 7) is 1.27. The van der Waals surface area contributed by atoms with Gasteiger partial charge in [-0.1, -0.05) is 0 Å². The largest absolute Gasteiger partial charge is 0.417 e. The average molecular weight is 258 g/mol. The van der Waals surface area contributed by atoms with Gasteiger partial charge in [0.05, 0.1) is 5.56 Å². The van der Waals surface area contributed by atoms with Crippen LogP contribution < -0.4 is 0 Å². The SMILES string of the molecule is O=CN1CCC(c2ccc(C(F)(F)F)cn2)CC1. The highest BCUT2D eigenvalue weighted by atomic mass is 19.4. The summed E-state index contributed by atoms with van der Waals surface area (Å²) in [7, 11) is 0. The van der Waals surface area contributed by atoms with Crippen LogP contribution in [0, 0.1) is 0 Å². The molecule has 6 heteroatoms. The van der Waals surface area contributed by atoms with Crippen molar-refractivity contribution < 1.29 is 18.0 Å². The first kappa shape index (κ1) is 12.9. The summed E-state index contributed by atoms with van der Waals surface area (Å²) in [5.41, 5.74) is -0.0508. The van der Waals surface area contributed by atoms with E-state index in [-0.39, 0.29) is 5.92 Å². The molecule has 1 aliphatic heterocycles. The molecule has 0 radical (unpaired) electrons. The zero-order chi connectivity index (χ0) is 13.2. The van der Waals surface area contributed by atoms with Crippen molar-refractivity contribution in [2.75, 3.05) is 13.1 Å². The molecule has 2 heterocycles. The van der Waals surface area contributed by atoms with Gasteiger partial charge in [-0.25, -0.2) is 0 Å². The van der Waals surface area contributed by atoms with Gasteiger partial charge in [0.15, 0.2) is 0 Å². The van der Waals surface area contributed by atoms with E-state index in [2.05, 4.69) is 4.98 Å². The number of pyridine rings is 1. The quantitative estimate of drug-likeness (QED) is 0.763. The smallest absolute Gasteiger partial charge is 0.345 e. The average Bonchev–Trinajstić information content (AvgIpc) is 2.38. The van der Waals surface area contributed by atoms with Crippen LogP contribution in [0.3, 0.4) is 0 Å². The van der Waals surface area contributed by atoms with Gasteiger partial charge in [0, 0.05) is 30.9 Å². The molecular weight excluding hydrogens is 245 g/mol. The number of carbonyl (C=O) groups is 1. The minimum atomic E-state index is -4.34. The van der Waals surface area contributed by atoms with Crippen molar-refractivity contribution in [3.63, 3.8) is 0 Å². The van der Waals surface area contributed by atoms with Crippen molar-refractivity contribution in [3.05, 3.63) is 29.6 Å². The van der Waals surface area contributed by atoms with Crippen molar-refractivity contribution in [1.82, 2.24) is 9.88 Å². The molecule has 1 amide bonds. The Labute approximate surface area is 103 Å². The number of aromatic nitrogens is 1. The number of rotatable bonds is 2. The summed E-state index contributed by atoms with van der Waals surface area (Å²) in [4.78, 5) is 16.1. The van der Waals surface area contributed by atoms with Crippen molar-refractivity contribution in [2.24, 2.45) is 0 Å². The molecule has 1 saturated heterocycles. The summed E-state index contributed by atoms with van der Waals surface area (Å²) in [5.74, 6) is 0.142. The number of hydrogen-bond donors (Lipinski definition) is 0. The Balaban J connectivity index is 2.05. The highest BCUT2D eigenvalue weighted by Crippen LogP contribution is 2.31. The zero-order valence-corrected chi connectivity index (χ0v) is 9.65. The van der Waals surface area contributed by atoms with Gasteiger partial charge >= 0.3 is 6.18 Å². The Morgan fingerprint density at radius 1 is 1.28 bits per heavy atom. The first-order chi connectivity index (χ1) is 8.50. The molecule has 1 aliphatic rings. The van der Waals surface area contributed by atoms with Crippen molar-refractivity contribution in [2.45, 2.75) is 24.9 Å². The van der Waals surface area contributed by atoms with E-state index in [1.807, 2.05) is 0 Å². The highest BCUT2D eigenvalue weighted by Gasteiger charge is 2.31. The van der Waals surface area contributed by atoms with Gasteiger partial charge in [-0.2, -0.15) is 13.2 Å². The van der Waals surface area contributed by atoms with Crippen LogP contribution in [0.5, 0.6) is 0 Å². The fourth-order valence-corrected chi connectivity index (χ4v) is 2.12. The van der Waals surface area contributed by atoms with Crippen LogP contribution in [0.25, 0.3) is 0 Å². The number of amides is 1. The summed E-state index contributed by atoms with van der Waals surface area (Å²) in [6.07, 6.45) is -1.17. The van der Waals surface area contributed by atoms with Crippen LogP contribution in [-0.2, 0) is 11.0 Å². The normalized spacial score (nSPS) is 17.8.